The van der Waals surface area contributed by atoms with Gasteiger partial charge in [-0.05, 0) is 18.4 Å². The number of imidazole rings is 1. The predicted molar refractivity (Wildman–Crippen MR) is 68.4 cm³/mol. The highest BCUT2D eigenvalue weighted by Crippen LogP contribution is 2.20. The van der Waals surface area contributed by atoms with Gasteiger partial charge in [0.2, 0.25) is 0 Å². The Morgan fingerprint density at radius 1 is 1.38 bits per heavy atom. The Balaban J connectivity index is 2.51. The van der Waals surface area contributed by atoms with E-state index in [1.807, 2.05) is 18.7 Å². The van der Waals surface area contributed by atoms with E-state index in [0.29, 0.717) is 6.04 Å². The van der Waals surface area contributed by atoms with Gasteiger partial charge in [-0.25, -0.2) is 4.98 Å². The van der Waals surface area contributed by atoms with Gasteiger partial charge in [-0.2, -0.15) is 0 Å². The standard InChI is InChI=1S/C13H25N3/c1-5-6-7-15-12(13(2,3)4)10-16-9-8-14-11-16/h8-9,11-12,15H,5-7,10H2,1-4H3. The molecule has 0 spiro atoms. The Morgan fingerprint density at radius 3 is 2.62 bits per heavy atom. The largest absolute Gasteiger partial charge is 0.336 e. The van der Waals surface area contributed by atoms with E-state index < -0.39 is 0 Å². The van der Waals surface area contributed by atoms with Crippen molar-refractivity contribution in [1.82, 2.24) is 14.9 Å². The fourth-order valence-electron chi connectivity index (χ4n) is 1.70. The van der Waals surface area contributed by atoms with Crippen LogP contribution < -0.4 is 5.32 Å². The third-order valence-electron chi connectivity index (χ3n) is 2.92. The van der Waals surface area contributed by atoms with Gasteiger partial charge in [-0.1, -0.05) is 34.1 Å². The molecule has 1 unspecified atom stereocenters. The highest BCUT2D eigenvalue weighted by molar-refractivity contribution is 4.84. The van der Waals surface area contributed by atoms with Gasteiger partial charge >= 0.3 is 0 Å². The second kappa shape index (κ2) is 6.04. The summed E-state index contributed by atoms with van der Waals surface area (Å²) in [4.78, 5) is 4.09. The van der Waals surface area contributed by atoms with Crippen molar-refractivity contribution < 1.29 is 0 Å². The van der Waals surface area contributed by atoms with Gasteiger partial charge < -0.3 is 9.88 Å². The first kappa shape index (κ1) is 13.2. The maximum atomic E-state index is 4.09. The van der Waals surface area contributed by atoms with Crippen LogP contribution in [-0.2, 0) is 6.54 Å². The Kier molecular flexibility index (Phi) is 5.00. The topological polar surface area (TPSA) is 29.9 Å². The van der Waals surface area contributed by atoms with Crippen LogP contribution in [0.4, 0.5) is 0 Å². The lowest BCUT2D eigenvalue weighted by atomic mass is 9.86. The summed E-state index contributed by atoms with van der Waals surface area (Å²) in [5, 5.41) is 3.65. The van der Waals surface area contributed by atoms with Crippen molar-refractivity contribution in [3.63, 3.8) is 0 Å². The number of hydrogen-bond acceptors (Lipinski definition) is 2. The molecule has 3 heteroatoms. The van der Waals surface area contributed by atoms with Crippen molar-refractivity contribution in [2.45, 2.75) is 53.1 Å². The Labute approximate surface area is 99.3 Å². The molecule has 1 rings (SSSR count). The minimum Gasteiger partial charge on any atom is -0.336 e. The fourth-order valence-corrected chi connectivity index (χ4v) is 1.70. The van der Waals surface area contributed by atoms with Crippen molar-refractivity contribution in [3.8, 4) is 0 Å². The zero-order valence-corrected chi connectivity index (χ0v) is 11.0. The minimum atomic E-state index is 0.276. The minimum absolute atomic E-state index is 0.276. The molecule has 1 N–H and O–H groups in total. The molecule has 0 aliphatic heterocycles. The molecule has 0 aromatic carbocycles. The van der Waals surface area contributed by atoms with E-state index in [1.54, 1.807) is 0 Å². The number of aromatic nitrogens is 2. The van der Waals surface area contributed by atoms with Crippen LogP contribution in [0.25, 0.3) is 0 Å². The first-order valence-corrected chi connectivity index (χ1v) is 6.23. The summed E-state index contributed by atoms with van der Waals surface area (Å²) in [6.45, 7) is 11.2. The highest BCUT2D eigenvalue weighted by atomic mass is 15.1. The van der Waals surface area contributed by atoms with E-state index in [-0.39, 0.29) is 5.41 Å². The van der Waals surface area contributed by atoms with E-state index in [0.717, 1.165) is 13.1 Å². The predicted octanol–water partition coefficient (Wildman–Crippen LogP) is 2.69. The van der Waals surface area contributed by atoms with Crippen LogP contribution in [0.2, 0.25) is 0 Å². The smallest absolute Gasteiger partial charge is 0.0946 e. The lowest BCUT2D eigenvalue weighted by Crippen LogP contribution is -2.43. The molecule has 0 saturated heterocycles. The number of nitrogens with zero attached hydrogens (tertiary/aromatic N) is 2. The van der Waals surface area contributed by atoms with Gasteiger partial charge in [0.15, 0.2) is 0 Å². The Morgan fingerprint density at radius 2 is 2.12 bits per heavy atom. The fraction of sp³-hybridized carbons (Fsp3) is 0.769. The summed E-state index contributed by atoms with van der Waals surface area (Å²) in [6.07, 6.45) is 8.25. The molecular weight excluding hydrogens is 198 g/mol. The van der Waals surface area contributed by atoms with Crippen LogP contribution >= 0.6 is 0 Å². The summed E-state index contributed by atoms with van der Waals surface area (Å²) < 4.78 is 2.15. The van der Waals surface area contributed by atoms with Crippen molar-refractivity contribution in [1.29, 1.82) is 0 Å². The van der Waals surface area contributed by atoms with E-state index >= 15 is 0 Å². The van der Waals surface area contributed by atoms with Crippen molar-refractivity contribution >= 4 is 0 Å². The summed E-state index contributed by atoms with van der Waals surface area (Å²) in [5.74, 6) is 0. The molecule has 0 bridgehead atoms. The van der Waals surface area contributed by atoms with Gasteiger partial charge in [0, 0.05) is 25.0 Å². The third-order valence-corrected chi connectivity index (χ3v) is 2.92. The lowest BCUT2D eigenvalue weighted by Gasteiger charge is -2.32. The summed E-state index contributed by atoms with van der Waals surface area (Å²) >= 11 is 0. The van der Waals surface area contributed by atoms with E-state index in [2.05, 4.69) is 42.6 Å². The molecule has 0 amide bonds. The first-order valence-electron chi connectivity index (χ1n) is 6.23. The Hall–Kier alpha value is -0.830. The highest BCUT2D eigenvalue weighted by Gasteiger charge is 2.23. The molecule has 92 valence electrons. The molecule has 3 nitrogen and oxygen atoms in total. The molecule has 0 saturated carbocycles. The molecule has 1 atom stereocenters. The number of nitrogens with one attached hydrogen (secondary N) is 1. The number of rotatable bonds is 6. The van der Waals surface area contributed by atoms with Crippen LogP contribution in [0, 0.1) is 5.41 Å². The van der Waals surface area contributed by atoms with Gasteiger partial charge in [0.05, 0.1) is 6.33 Å². The molecule has 0 radical (unpaired) electrons. The molecule has 1 aromatic rings. The van der Waals surface area contributed by atoms with E-state index in [4.69, 9.17) is 0 Å². The van der Waals surface area contributed by atoms with Gasteiger partial charge in [0.25, 0.3) is 0 Å². The monoisotopic (exact) mass is 223 g/mol. The third kappa shape index (κ3) is 4.35. The van der Waals surface area contributed by atoms with Crippen LogP contribution in [0.5, 0.6) is 0 Å². The number of unbranched alkanes of at least 4 members (excludes halogenated alkanes) is 1. The average Bonchev–Trinajstić information content (AvgIpc) is 2.67. The van der Waals surface area contributed by atoms with Gasteiger partial charge in [-0.3, -0.25) is 0 Å². The molecule has 1 aromatic heterocycles. The number of hydrogen-bond donors (Lipinski definition) is 1. The summed E-state index contributed by atoms with van der Waals surface area (Å²) in [5.41, 5.74) is 0.276. The Bertz CT molecular complexity index is 272. The maximum Gasteiger partial charge on any atom is 0.0946 e. The first-order chi connectivity index (χ1) is 7.54. The second-order valence-electron chi connectivity index (χ2n) is 5.49. The molecule has 0 aliphatic rings. The van der Waals surface area contributed by atoms with E-state index in [9.17, 15) is 0 Å². The maximum absolute atomic E-state index is 4.09. The normalized spacial score (nSPS) is 14.0. The van der Waals surface area contributed by atoms with Crippen molar-refractivity contribution in [2.75, 3.05) is 6.54 Å². The second-order valence-corrected chi connectivity index (χ2v) is 5.49. The molecular formula is C13H25N3. The zero-order valence-electron chi connectivity index (χ0n) is 11.0. The van der Waals surface area contributed by atoms with Crippen LogP contribution in [0.1, 0.15) is 40.5 Å². The summed E-state index contributed by atoms with van der Waals surface area (Å²) in [6, 6.07) is 0.494. The molecule has 16 heavy (non-hydrogen) atoms. The van der Waals surface area contributed by atoms with Gasteiger partial charge in [-0.15, -0.1) is 0 Å². The van der Waals surface area contributed by atoms with Crippen molar-refractivity contribution in [3.05, 3.63) is 18.7 Å². The summed E-state index contributed by atoms with van der Waals surface area (Å²) in [7, 11) is 0. The quantitative estimate of drug-likeness (QED) is 0.751. The van der Waals surface area contributed by atoms with Crippen LogP contribution in [0.3, 0.4) is 0 Å². The lowest BCUT2D eigenvalue weighted by molar-refractivity contribution is 0.241. The average molecular weight is 223 g/mol. The molecule has 1 heterocycles. The van der Waals surface area contributed by atoms with Crippen molar-refractivity contribution in [2.24, 2.45) is 5.41 Å². The van der Waals surface area contributed by atoms with E-state index in [1.165, 1.54) is 12.8 Å². The SMILES string of the molecule is CCCCNC(Cn1ccnc1)C(C)(C)C. The van der Waals surface area contributed by atoms with Gasteiger partial charge in [0.1, 0.15) is 0 Å². The molecule has 0 fully saturated rings. The zero-order chi connectivity index (χ0) is 12.0. The van der Waals surface area contributed by atoms with Crippen LogP contribution in [0.15, 0.2) is 18.7 Å². The molecule has 0 aliphatic carbocycles. The van der Waals surface area contributed by atoms with Crippen LogP contribution in [-0.4, -0.2) is 22.1 Å².